The van der Waals surface area contributed by atoms with Gasteiger partial charge in [0.25, 0.3) is 0 Å². The van der Waals surface area contributed by atoms with E-state index < -0.39 is 67.3 Å². The largest absolute Gasteiger partial charge is 0.504 e. The van der Waals surface area contributed by atoms with Gasteiger partial charge in [0.1, 0.15) is 65.2 Å². The second-order valence-electron chi connectivity index (χ2n) is 9.30. The highest BCUT2D eigenvalue weighted by Crippen LogP contribution is 2.35. The smallest absolute Gasteiger partial charge is 0.229 e. The van der Waals surface area contributed by atoms with Gasteiger partial charge in [-0.05, 0) is 12.1 Å². The van der Waals surface area contributed by atoms with Crippen molar-refractivity contribution in [3.05, 3.63) is 40.6 Å². The van der Waals surface area contributed by atoms with Crippen LogP contribution in [0.1, 0.15) is 0 Å². The van der Waals surface area contributed by atoms with E-state index in [1.807, 2.05) is 0 Å². The molecule has 0 saturated carbocycles. The predicted octanol–water partition coefficient (Wildman–Crippen LogP) is -1.70. The first-order chi connectivity index (χ1) is 18.6. The summed E-state index contributed by atoms with van der Waals surface area (Å²) in [5.74, 6) is -0.193. The summed E-state index contributed by atoms with van der Waals surface area (Å²) in [6, 6.07) is 7.02. The maximum atomic E-state index is 13.3. The Labute approximate surface area is 219 Å². The van der Waals surface area contributed by atoms with Crippen LogP contribution in [0.4, 0.5) is 0 Å². The molecule has 3 aromatic rings. The third kappa shape index (κ3) is 5.02. The Hall–Kier alpha value is -3.05. The summed E-state index contributed by atoms with van der Waals surface area (Å²) in [5.41, 5.74) is -0.614. The molecule has 1 aromatic heterocycles. The molecule has 0 radical (unpaired) electrons. The second-order valence-corrected chi connectivity index (χ2v) is 9.30. The van der Waals surface area contributed by atoms with Crippen molar-refractivity contribution < 1.29 is 63.8 Å². The number of hydrogen-bond acceptors (Lipinski definition) is 14. The molecule has 2 fully saturated rings. The van der Waals surface area contributed by atoms with Gasteiger partial charge in [-0.15, -0.1) is 0 Å². The van der Waals surface area contributed by atoms with Gasteiger partial charge in [-0.25, -0.2) is 0 Å². The van der Waals surface area contributed by atoms with Crippen molar-refractivity contribution in [1.82, 2.24) is 0 Å². The Balaban J connectivity index is 1.43. The van der Waals surface area contributed by atoms with Gasteiger partial charge in [-0.1, -0.05) is 6.07 Å². The standard InChI is InChI=1S/C25H28O14/c1-34-9-5-13-16(17(28)10-3-2-4-11(26)23(10)37-13)14(6-9)38-25-22(33)20(31)19(30)15(39-25)8-36-24-21(32)18(29)12(27)7-35-24/h2-6,12,15,18-22,24-27,29-33H,7-8H2,1H3. The molecule has 0 bridgehead atoms. The highest BCUT2D eigenvalue weighted by molar-refractivity contribution is 5.95. The van der Waals surface area contributed by atoms with Crippen molar-refractivity contribution in [2.24, 2.45) is 0 Å². The Morgan fingerprint density at radius 3 is 2.44 bits per heavy atom. The van der Waals surface area contributed by atoms with Gasteiger partial charge in [0.15, 0.2) is 17.6 Å². The molecule has 7 N–H and O–H groups in total. The molecule has 0 amide bonds. The van der Waals surface area contributed by atoms with Crippen molar-refractivity contribution in [1.29, 1.82) is 0 Å². The average molecular weight is 552 g/mol. The Morgan fingerprint density at radius 2 is 1.69 bits per heavy atom. The minimum atomic E-state index is -1.78. The van der Waals surface area contributed by atoms with Crippen LogP contribution in [0.15, 0.2) is 39.5 Å². The number of benzene rings is 2. The second kappa shape index (κ2) is 10.8. The number of methoxy groups -OCH3 is 1. The monoisotopic (exact) mass is 552 g/mol. The number of aliphatic hydroxyl groups excluding tert-OH is 6. The molecule has 212 valence electrons. The van der Waals surface area contributed by atoms with Crippen molar-refractivity contribution in [2.75, 3.05) is 20.3 Å². The molecule has 2 aliphatic rings. The Kier molecular flexibility index (Phi) is 7.65. The van der Waals surface area contributed by atoms with E-state index in [0.29, 0.717) is 0 Å². The molecule has 9 unspecified atom stereocenters. The number of fused-ring (bicyclic) bond motifs is 2. The number of phenols is 1. The maximum absolute atomic E-state index is 13.3. The zero-order valence-corrected chi connectivity index (χ0v) is 20.5. The Bertz CT molecular complexity index is 1390. The first-order valence-corrected chi connectivity index (χ1v) is 12.0. The summed E-state index contributed by atoms with van der Waals surface area (Å²) in [4.78, 5) is 13.3. The SMILES string of the molecule is COc1cc(OC2OC(COC3OCC(O)C(O)C3O)C(O)C(O)C2O)c2c(=O)c3cccc(O)c3oc2c1. The minimum Gasteiger partial charge on any atom is -0.504 e. The van der Waals surface area contributed by atoms with Crippen molar-refractivity contribution in [3.8, 4) is 17.2 Å². The van der Waals surface area contributed by atoms with E-state index in [1.165, 1.54) is 37.4 Å². The number of phenolic OH excluding ortho intramolecular Hbond substituents is 1. The molecule has 0 aliphatic carbocycles. The fourth-order valence-electron chi connectivity index (χ4n) is 4.53. The van der Waals surface area contributed by atoms with Gasteiger partial charge >= 0.3 is 0 Å². The van der Waals surface area contributed by atoms with Gasteiger partial charge in [0.05, 0.1) is 25.7 Å². The lowest BCUT2D eigenvalue weighted by Gasteiger charge is -2.41. The van der Waals surface area contributed by atoms with E-state index in [1.54, 1.807) is 0 Å². The molecule has 9 atom stereocenters. The molecule has 3 heterocycles. The zero-order chi connectivity index (χ0) is 28.0. The van der Waals surface area contributed by atoms with E-state index >= 15 is 0 Å². The quantitative estimate of drug-likeness (QED) is 0.170. The van der Waals surface area contributed by atoms with Crippen LogP contribution in [-0.4, -0.2) is 111 Å². The van der Waals surface area contributed by atoms with Crippen LogP contribution < -0.4 is 14.9 Å². The molecule has 2 aromatic carbocycles. The van der Waals surface area contributed by atoms with E-state index in [0.717, 1.165) is 0 Å². The topological polar surface area (TPSA) is 218 Å². The fraction of sp³-hybridized carbons (Fsp3) is 0.480. The minimum absolute atomic E-state index is 0.00158. The molecule has 0 spiro atoms. The third-order valence-electron chi connectivity index (χ3n) is 6.74. The summed E-state index contributed by atoms with van der Waals surface area (Å²) in [7, 11) is 1.36. The lowest BCUT2D eigenvalue weighted by molar-refractivity contribution is -0.307. The molecule has 2 aliphatic heterocycles. The average Bonchev–Trinajstić information content (AvgIpc) is 2.92. The first-order valence-electron chi connectivity index (χ1n) is 12.0. The Morgan fingerprint density at radius 1 is 0.949 bits per heavy atom. The summed E-state index contributed by atoms with van der Waals surface area (Å²) in [5, 5.41) is 71.1. The number of ether oxygens (including phenoxy) is 5. The van der Waals surface area contributed by atoms with Crippen molar-refractivity contribution >= 4 is 21.9 Å². The summed E-state index contributed by atoms with van der Waals surface area (Å²) < 4.78 is 33.1. The predicted molar refractivity (Wildman–Crippen MR) is 129 cm³/mol. The van der Waals surface area contributed by atoms with Crippen LogP contribution in [0.2, 0.25) is 0 Å². The summed E-state index contributed by atoms with van der Waals surface area (Å²) >= 11 is 0. The highest BCUT2D eigenvalue weighted by Gasteiger charge is 2.46. The maximum Gasteiger partial charge on any atom is 0.229 e. The molecule has 14 heteroatoms. The molecular formula is C25H28O14. The molecule has 14 nitrogen and oxygen atoms in total. The van der Waals surface area contributed by atoms with Crippen LogP contribution >= 0.6 is 0 Å². The number of rotatable bonds is 6. The molecule has 5 rings (SSSR count). The highest BCUT2D eigenvalue weighted by atomic mass is 16.7. The first kappa shape index (κ1) is 27.5. The van der Waals surface area contributed by atoms with Gasteiger partial charge < -0.3 is 63.8 Å². The number of para-hydroxylation sites is 1. The van der Waals surface area contributed by atoms with Crippen molar-refractivity contribution in [3.63, 3.8) is 0 Å². The number of aromatic hydroxyl groups is 1. The fourth-order valence-corrected chi connectivity index (χ4v) is 4.53. The number of aliphatic hydroxyl groups is 6. The van der Waals surface area contributed by atoms with E-state index in [9.17, 15) is 40.5 Å². The lowest BCUT2D eigenvalue weighted by Crippen LogP contribution is -2.61. The van der Waals surface area contributed by atoms with Gasteiger partial charge in [-0.3, -0.25) is 4.79 Å². The van der Waals surface area contributed by atoms with E-state index in [2.05, 4.69) is 0 Å². The van der Waals surface area contributed by atoms with Crippen LogP contribution in [0, 0.1) is 0 Å². The summed E-state index contributed by atoms with van der Waals surface area (Å²) in [6.07, 6.45) is -14.0. The van der Waals surface area contributed by atoms with Gasteiger partial charge in [0, 0.05) is 12.1 Å². The van der Waals surface area contributed by atoms with E-state index in [4.69, 9.17) is 28.1 Å². The van der Waals surface area contributed by atoms with Gasteiger partial charge in [0.2, 0.25) is 11.7 Å². The lowest BCUT2D eigenvalue weighted by atomic mass is 9.99. The number of hydrogen-bond donors (Lipinski definition) is 7. The molecular weight excluding hydrogens is 524 g/mol. The molecule has 2 saturated heterocycles. The van der Waals surface area contributed by atoms with Crippen LogP contribution in [0.25, 0.3) is 21.9 Å². The zero-order valence-electron chi connectivity index (χ0n) is 20.5. The normalized spacial score (nSPS) is 33.4. The summed E-state index contributed by atoms with van der Waals surface area (Å²) in [6.45, 7) is -0.803. The molecule has 39 heavy (non-hydrogen) atoms. The van der Waals surface area contributed by atoms with Crippen LogP contribution in [0.3, 0.4) is 0 Å². The van der Waals surface area contributed by atoms with Gasteiger partial charge in [-0.2, -0.15) is 0 Å². The third-order valence-corrected chi connectivity index (χ3v) is 6.74. The van der Waals surface area contributed by atoms with E-state index in [-0.39, 0.29) is 45.8 Å². The van der Waals surface area contributed by atoms with Crippen molar-refractivity contribution in [2.45, 2.75) is 55.3 Å². The van der Waals surface area contributed by atoms with Crippen LogP contribution in [0.5, 0.6) is 17.2 Å². The van der Waals surface area contributed by atoms with Crippen LogP contribution in [-0.2, 0) is 14.2 Å².